The first-order valence-corrected chi connectivity index (χ1v) is 11.1. The van der Waals surface area contributed by atoms with Crippen LogP contribution in [0.2, 0.25) is 0 Å². The third-order valence-electron chi connectivity index (χ3n) is 5.96. The molecule has 0 bridgehead atoms. The normalized spacial score (nSPS) is 19.5. The fourth-order valence-corrected chi connectivity index (χ4v) is 5.49. The lowest BCUT2D eigenvalue weighted by Crippen LogP contribution is -3.12. The average Bonchev–Trinajstić information content (AvgIpc) is 3.14. The fourth-order valence-electron chi connectivity index (χ4n) is 4.48. The third kappa shape index (κ3) is 3.24. The van der Waals surface area contributed by atoms with Gasteiger partial charge in [-0.1, -0.05) is 19.1 Å². The molecule has 30 heavy (non-hydrogen) atoms. The summed E-state index contributed by atoms with van der Waals surface area (Å²) < 4.78 is 6.96. The van der Waals surface area contributed by atoms with Gasteiger partial charge in [-0.15, -0.1) is 11.3 Å². The fraction of sp³-hybridized carbons (Fsp3) is 0.304. The van der Waals surface area contributed by atoms with Crippen molar-refractivity contribution in [2.24, 2.45) is 5.92 Å². The van der Waals surface area contributed by atoms with Crippen molar-refractivity contribution < 1.29 is 14.4 Å². The Balaban J connectivity index is 1.64. The zero-order valence-electron chi connectivity index (χ0n) is 16.8. The van der Waals surface area contributed by atoms with Crippen LogP contribution < -0.4 is 16.1 Å². The van der Waals surface area contributed by atoms with Gasteiger partial charge in [0.25, 0.3) is 0 Å². The lowest BCUT2D eigenvalue weighted by Gasteiger charge is -2.28. The maximum Gasteiger partial charge on any atom is 0.205 e. The second kappa shape index (κ2) is 7.41. The number of quaternary nitrogens is 1. The molecule has 0 amide bonds. The number of likely N-dealkylation sites (tertiary alicyclic amines) is 1. The smallest absolute Gasteiger partial charge is 0.205 e. The number of benzene rings is 2. The molecule has 2 aromatic carbocycles. The van der Waals surface area contributed by atoms with E-state index in [4.69, 9.17) is 10.2 Å². The van der Waals surface area contributed by atoms with Crippen LogP contribution in [0.25, 0.3) is 31.8 Å². The van der Waals surface area contributed by atoms with Gasteiger partial charge in [0.1, 0.15) is 22.9 Å². The Morgan fingerprint density at radius 3 is 2.93 bits per heavy atom. The van der Waals surface area contributed by atoms with Gasteiger partial charge in [0, 0.05) is 5.92 Å². The van der Waals surface area contributed by atoms with Crippen molar-refractivity contribution in [3.05, 3.63) is 52.2 Å². The van der Waals surface area contributed by atoms with E-state index in [2.05, 4.69) is 11.9 Å². The average molecular weight is 423 g/mol. The molecule has 2 aromatic heterocycles. The number of phenols is 1. The summed E-state index contributed by atoms with van der Waals surface area (Å²) in [6, 6.07) is 10.9. The van der Waals surface area contributed by atoms with E-state index in [1.807, 2.05) is 24.3 Å². The molecule has 0 saturated carbocycles. The number of rotatable bonds is 3. The van der Waals surface area contributed by atoms with E-state index in [0.717, 1.165) is 29.7 Å². The van der Waals surface area contributed by atoms with E-state index in [1.165, 1.54) is 22.7 Å². The number of anilines is 1. The highest BCUT2D eigenvalue weighted by Crippen LogP contribution is 2.35. The lowest BCUT2D eigenvalue weighted by atomic mass is 9.99. The van der Waals surface area contributed by atoms with Crippen LogP contribution in [0.3, 0.4) is 0 Å². The second-order valence-electron chi connectivity index (χ2n) is 8.23. The molecule has 1 unspecified atom stereocenters. The number of fused-ring (bicyclic) bond motifs is 2. The highest BCUT2D eigenvalue weighted by molar-refractivity contribution is 7.21. The molecular weight excluding hydrogens is 398 g/mol. The Morgan fingerprint density at radius 2 is 2.13 bits per heavy atom. The van der Waals surface area contributed by atoms with Crippen molar-refractivity contribution in [1.29, 1.82) is 0 Å². The molecule has 6 nitrogen and oxygen atoms in total. The third-order valence-corrected chi connectivity index (χ3v) is 7.02. The van der Waals surface area contributed by atoms with Crippen molar-refractivity contribution in [2.45, 2.75) is 26.3 Å². The summed E-state index contributed by atoms with van der Waals surface area (Å²) in [6.07, 6.45) is 2.40. The predicted molar refractivity (Wildman–Crippen MR) is 120 cm³/mol. The molecule has 0 aliphatic carbocycles. The van der Waals surface area contributed by atoms with Gasteiger partial charge in [-0.05, 0) is 37.1 Å². The molecule has 5 rings (SSSR count). The molecule has 1 fully saturated rings. The summed E-state index contributed by atoms with van der Waals surface area (Å²) in [5.41, 5.74) is 8.16. The first-order chi connectivity index (χ1) is 14.5. The van der Waals surface area contributed by atoms with E-state index in [0.29, 0.717) is 39.6 Å². The molecule has 0 spiro atoms. The number of nitrogens with two attached hydrogens (primary N) is 1. The number of phenolic OH excluding ortho intramolecular Hbond substituents is 1. The zero-order valence-corrected chi connectivity index (χ0v) is 17.6. The summed E-state index contributed by atoms with van der Waals surface area (Å²) in [6.45, 7) is 4.95. The van der Waals surface area contributed by atoms with Crippen molar-refractivity contribution in [3.8, 4) is 16.3 Å². The zero-order chi connectivity index (χ0) is 20.8. The number of piperidine rings is 1. The number of hydrogen-bond acceptors (Lipinski definition) is 6. The van der Waals surface area contributed by atoms with Crippen LogP contribution in [0.15, 0.2) is 45.6 Å². The SMILES string of the molecule is C[C@@H]1CCC[NH+](Cc2c(O)ccc3c(=O)c(-c4nc5ccccc5s4)c(N)oc23)C1. The molecule has 0 radical (unpaired) electrons. The van der Waals surface area contributed by atoms with Gasteiger partial charge in [0.2, 0.25) is 11.3 Å². The molecule has 2 atom stereocenters. The van der Waals surface area contributed by atoms with E-state index >= 15 is 0 Å². The Hall–Kier alpha value is -2.90. The van der Waals surface area contributed by atoms with Crippen LogP contribution in [0, 0.1) is 5.92 Å². The number of aromatic hydroxyl groups is 1. The summed E-state index contributed by atoms with van der Waals surface area (Å²) in [5, 5.41) is 11.5. The van der Waals surface area contributed by atoms with Crippen LogP contribution >= 0.6 is 11.3 Å². The van der Waals surface area contributed by atoms with Crippen LogP contribution in [-0.2, 0) is 6.54 Å². The quantitative estimate of drug-likeness (QED) is 0.472. The highest BCUT2D eigenvalue weighted by atomic mass is 32.1. The Labute approximate surface area is 177 Å². The maximum absolute atomic E-state index is 13.4. The van der Waals surface area contributed by atoms with Crippen molar-refractivity contribution in [1.82, 2.24) is 4.98 Å². The lowest BCUT2D eigenvalue weighted by molar-refractivity contribution is -0.922. The standard InChI is InChI=1S/C23H23N3O3S/c1-13-5-4-10-26(11-13)12-15-17(27)9-8-14-20(28)19(22(24)29-21(14)15)23-25-16-6-2-3-7-18(16)30-23/h2-3,6-9,13,27H,4-5,10-12,24H2,1H3/p+1/t13-/m1/s1. The van der Waals surface area contributed by atoms with Gasteiger partial charge in [0.15, 0.2) is 5.58 Å². The van der Waals surface area contributed by atoms with Gasteiger partial charge in [-0.25, -0.2) is 4.98 Å². The number of para-hydroxylation sites is 1. The summed E-state index contributed by atoms with van der Waals surface area (Å²) in [5.74, 6) is 0.831. The van der Waals surface area contributed by atoms with Crippen molar-refractivity contribution in [2.75, 3.05) is 18.8 Å². The summed E-state index contributed by atoms with van der Waals surface area (Å²) in [4.78, 5) is 19.3. The first-order valence-electron chi connectivity index (χ1n) is 10.3. The molecule has 4 N–H and O–H groups in total. The summed E-state index contributed by atoms with van der Waals surface area (Å²) >= 11 is 1.42. The van der Waals surface area contributed by atoms with E-state index in [1.54, 1.807) is 12.1 Å². The van der Waals surface area contributed by atoms with Gasteiger partial charge in [-0.2, -0.15) is 0 Å². The van der Waals surface area contributed by atoms with Gasteiger partial charge in [0.05, 0.1) is 34.3 Å². The highest BCUT2D eigenvalue weighted by Gasteiger charge is 2.25. The molecule has 7 heteroatoms. The molecule has 1 saturated heterocycles. The molecular formula is C23H24N3O3S+. The Bertz CT molecular complexity index is 1280. The van der Waals surface area contributed by atoms with Crippen LogP contribution in [0.5, 0.6) is 5.75 Å². The molecule has 1 aliphatic heterocycles. The number of nitrogens with zero attached hydrogens (tertiary/aromatic N) is 1. The van der Waals surface area contributed by atoms with Crippen LogP contribution in [-0.4, -0.2) is 23.2 Å². The number of nitrogens with one attached hydrogen (secondary N) is 1. The minimum Gasteiger partial charge on any atom is -0.507 e. The van der Waals surface area contributed by atoms with E-state index in [-0.39, 0.29) is 17.1 Å². The van der Waals surface area contributed by atoms with Gasteiger partial charge in [-0.3, -0.25) is 4.79 Å². The van der Waals surface area contributed by atoms with Crippen molar-refractivity contribution in [3.63, 3.8) is 0 Å². The molecule has 4 aromatic rings. The number of thiazole rings is 1. The first kappa shape index (κ1) is 19.1. The number of nitrogen functional groups attached to an aromatic ring is 1. The summed E-state index contributed by atoms with van der Waals surface area (Å²) in [7, 11) is 0. The van der Waals surface area contributed by atoms with E-state index in [9.17, 15) is 9.90 Å². The monoisotopic (exact) mass is 422 g/mol. The van der Waals surface area contributed by atoms with Gasteiger partial charge >= 0.3 is 0 Å². The van der Waals surface area contributed by atoms with Crippen molar-refractivity contribution >= 4 is 38.4 Å². The molecule has 1 aliphatic rings. The van der Waals surface area contributed by atoms with Crippen LogP contribution in [0.4, 0.5) is 5.88 Å². The largest absolute Gasteiger partial charge is 0.507 e. The Kier molecular flexibility index (Phi) is 4.72. The number of aromatic nitrogens is 1. The maximum atomic E-state index is 13.4. The predicted octanol–water partition coefficient (Wildman–Crippen LogP) is 3.17. The molecule has 3 heterocycles. The topological polar surface area (TPSA) is 93.8 Å². The Morgan fingerprint density at radius 1 is 1.30 bits per heavy atom. The molecule has 154 valence electrons. The second-order valence-corrected chi connectivity index (χ2v) is 9.26. The number of hydrogen-bond donors (Lipinski definition) is 3. The van der Waals surface area contributed by atoms with E-state index < -0.39 is 0 Å². The minimum atomic E-state index is -0.212. The van der Waals surface area contributed by atoms with Gasteiger partial charge < -0.3 is 20.2 Å². The van der Waals surface area contributed by atoms with Crippen LogP contribution in [0.1, 0.15) is 25.3 Å². The minimum absolute atomic E-state index is 0.0421.